The van der Waals surface area contributed by atoms with E-state index in [1.165, 1.54) is 0 Å². The molecule has 0 amide bonds. The van der Waals surface area contributed by atoms with Gasteiger partial charge in [-0.05, 0) is 37.5 Å². The van der Waals surface area contributed by atoms with Crippen LogP contribution < -0.4 is 0 Å². The maximum absolute atomic E-state index is 11.9. The minimum atomic E-state index is -0.747. The third-order valence-corrected chi connectivity index (χ3v) is 4.93. The Hall–Kier alpha value is -0.670. The fourth-order valence-electron chi connectivity index (χ4n) is 3.72. The fraction of sp³-hybridized carbons (Fsp3) is 0.800. The van der Waals surface area contributed by atoms with Crippen LogP contribution in [0.15, 0.2) is 11.6 Å². The second kappa shape index (κ2) is 4.78. The molecule has 102 valence electrons. The Bertz CT molecular complexity index is 368. The van der Waals surface area contributed by atoms with Crippen LogP contribution in [0, 0.1) is 23.7 Å². The molecule has 0 aliphatic heterocycles. The molecule has 0 heterocycles. The molecule has 0 aromatic carbocycles. The van der Waals surface area contributed by atoms with Crippen LogP contribution in [0.5, 0.6) is 0 Å². The average molecular weight is 252 g/mol. The molecule has 0 aromatic heterocycles. The number of hydrogen-bond donors (Lipinski definition) is 2. The predicted octanol–water partition coefficient (Wildman–Crippen LogP) is 1.93. The van der Waals surface area contributed by atoms with Gasteiger partial charge in [-0.15, -0.1) is 0 Å². The van der Waals surface area contributed by atoms with Crippen LogP contribution in [0.1, 0.15) is 40.0 Å². The summed E-state index contributed by atoms with van der Waals surface area (Å²) in [5.41, 5.74) is -0.206. The van der Waals surface area contributed by atoms with Gasteiger partial charge in [-0.2, -0.15) is 0 Å². The van der Waals surface area contributed by atoms with Gasteiger partial charge in [0, 0.05) is 17.9 Å². The number of hydrogen-bond acceptors (Lipinski definition) is 3. The smallest absolute Gasteiger partial charge is 0.161 e. The quantitative estimate of drug-likeness (QED) is 0.789. The molecule has 18 heavy (non-hydrogen) atoms. The molecule has 4 atom stereocenters. The Labute approximate surface area is 109 Å². The molecule has 1 fully saturated rings. The van der Waals surface area contributed by atoms with Gasteiger partial charge in [-0.3, -0.25) is 4.79 Å². The van der Waals surface area contributed by atoms with E-state index in [1.54, 1.807) is 0 Å². The third-order valence-electron chi connectivity index (χ3n) is 4.93. The Balaban J connectivity index is 2.36. The highest BCUT2D eigenvalue weighted by Gasteiger charge is 2.48. The Morgan fingerprint density at radius 1 is 1.50 bits per heavy atom. The maximum atomic E-state index is 11.9. The van der Waals surface area contributed by atoms with Crippen LogP contribution in [0.25, 0.3) is 0 Å². The summed E-state index contributed by atoms with van der Waals surface area (Å²) in [5.74, 6) is 1.29. The molecule has 0 saturated heterocycles. The van der Waals surface area contributed by atoms with E-state index in [1.807, 2.05) is 13.0 Å². The number of carbonyl (C=O) groups excluding carboxylic acids is 1. The molecule has 0 radical (unpaired) electrons. The largest absolute Gasteiger partial charge is 0.392 e. The van der Waals surface area contributed by atoms with Gasteiger partial charge in [0.1, 0.15) is 0 Å². The third kappa shape index (κ3) is 2.26. The van der Waals surface area contributed by atoms with Crippen LogP contribution in [0.2, 0.25) is 0 Å². The molecule has 2 aliphatic rings. The summed E-state index contributed by atoms with van der Waals surface area (Å²) in [6.07, 6.45) is 4.09. The SMILES string of the molecule is CC(C)[C@H]1CC[C@@](C)(O)[C@@H]2CC(=O)C(CO)=C[C@H]12. The molecule has 1 saturated carbocycles. The van der Waals surface area contributed by atoms with E-state index in [-0.39, 0.29) is 24.2 Å². The van der Waals surface area contributed by atoms with Crippen molar-refractivity contribution in [2.75, 3.05) is 6.61 Å². The summed E-state index contributed by atoms with van der Waals surface area (Å²) in [5, 5.41) is 19.8. The molecule has 0 bridgehead atoms. The van der Waals surface area contributed by atoms with Gasteiger partial charge in [0.15, 0.2) is 5.78 Å². The first-order valence-corrected chi connectivity index (χ1v) is 6.94. The Morgan fingerprint density at radius 2 is 2.17 bits per heavy atom. The Morgan fingerprint density at radius 3 is 2.72 bits per heavy atom. The number of aliphatic hydroxyl groups excluding tert-OH is 1. The summed E-state index contributed by atoms with van der Waals surface area (Å²) in [7, 11) is 0. The monoisotopic (exact) mass is 252 g/mol. The summed E-state index contributed by atoms with van der Waals surface area (Å²) >= 11 is 0. The van der Waals surface area contributed by atoms with E-state index in [0.29, 0.717) is 23.8 Å². The van der Waals surface area contributed by atoms with Crippen molar-refractivity contribution in [1.29, 1.82) is 0 Å². The van der Waals surface area contributed by atoms with Gasteiger partial charge >= 0.3 is 0 Å². The van der Waals surface area contributed by atoms with E-state index in [9.17, 15) is 15.0 Å². The number of carbonyl (C=O) groups is 1. The molecule has 2 N–H and O–H groups in total. The number of rotatable bonds is 2. The standard InChI is InChI=1S/C15H24O3/c1-9(2)11-4-5-15(3,18)13-7-14(17)10(8-16)6-12(11)13/h6,9,11-13,16,18H,4-5,7-8H2,1-3H3/t11-,12-,13-,15-/m1/s1. The van der Waals surface area contributed by atoms with Gasteiger partial charge in [0.2, 0.25) is 0 Å². The topological polar surface area (TPSA) is 57.5 Å². The highest BCUT2D eigenvalue weighted by atomic mass is 16.3. The molecule has 3 heteroatoms. The van der Waals surface area contributed by atoms with E-state index in [4.69, 9.17) is 0 Å². The number of fused-ring (bicyclic) bond motifs is 1. The van der Waals surface area contributed by atoms with E-state index >= 15 is 0 Å². The minimum Gasteiger partial charge on any atom is -0.392 e. The first-order chi connectivity index (χ1) is 8.36. The van der Waals surface area contributed by atoms with Crippen LogP contribution in [-0.4, -0.2) is 28.2 Å². The Kier molecular flexibility index (Phi) is 3.65. The number of Topliss-reactive ketones (excluding diaryl/α,β-unsaturated/α-hetero) is 1. The van der Waals surface area contributed by atoms with Crippen molar-refractivity contribution in [3.8, 4) is 0 Å². The zero-order valence-electron chi connectivity index (χ0n) is 11.5. The highest BCUT2D eigenvalue weighted by molar-refractivity contribution is 5.96. The summed E-state index contributed by atoms with van der Waals surface area (Å²) < 4.78 is 0. The molecular weight excluding hydrogens is 228 g/mol. The molecule has 2 aliphatic carbocycles. The van der Waals surface area contributed by atoms with Crippen LogP contribution >= 0.6 is 0 Å². The zero-order chi connectivity index (χ0) is 13.5. The molecule has 0 aromatic rings. The number of aliphatic hydroxyl groups is 2. The van der Waals surface area contributed by atoms with Crippen LogP contribution in [0.4, 0.5) is 0 Å². The van der Waals surface area contributed by atoms with E-state index in [0.717, 1.165) is 12.8 Å². The predicted molar refractivity (Wildman–Crippen MR) is 70.0 cm³/mol. The van der Waals surface area contributed by atoms with Gasteiger partial charge < -0.3 is 10.2 Å². The van der Waals surface area contributed by atoms with Gasteiger partial charge in [-0.1, -0.05) is 19.9 Å². The van der Waals surface area contributed by atoms with Crippen molar-refractivity contribution in [3.63, 3.8) is 0 Å². The van der Waals surface area contributed by atoms with Crippen molar-refractivity contribution < 1.29 is 15.0 Å². The maximum Gasteiger partial charge on any atom is 0.161 e. The second-order valence-corrected chi connectivity index (χ2v) is 6.46. The second-order valence-electron chi connectivity index (χ2n) is 6.46. The lowest BCUT2D eigenvalue weighted by Crippen LogP contribution is -2.49. The summed E-state index contributed by atoms with van der Waals surface area (Å²) in [6, 6.07) is 0. The summed E-state index contributed by atoms with van der Waals surface area (Å²) in [6.45, 7) is 6.08. The zero-order valence-corrected chi connectivity index (χ0v) is 11.5. The first-order valence-electron chi connectivity index (χ1n) is 6.94. The molecular formula is C15H24O3. The lowest BCUT2D eigenvalue weighted by atomic mass is 9.58. The molecule has 0 unspecified atom stereocenters. The number of ketones is 1. The normalized spacial score (nSPS) is 40.7. The van der Waals surface area contributed by atoms with Crippen molar-refractivity contribution in [3.05, 3.63) is 11.6 Å². The molecule has 2 rings (SSSR count). The number of allylic oxidation sites excluding steroid dienone is 1. The highest BCUT2D eigenvalue weighted by Crippen LogP contribution is 2.48. The average Bonchev–Trinajstić information content (AvgIpc) is 2.29. The van der Waals surface area contributed by atoms with Crippen molar-refractivity contribution in [2.45, 2.75) is 45.6 Å². The van der Waals surface area contributed by atoms with E-state index < -0.39 is 5.60 Å². The van der Waals surface area contributed by atoms with Gasteiger partial charge in [-0.25, -0.2) is 0 Å². The van der Waals surface area contributed by atoms with Gasteiger partial charge in [0.25, 0.3) is 0 Å². The fourth-order valence-corrected chi connectivity index (χ4v) is 3.72. The van der Waals surface area contributed by atoms with Crippen molar-refractivity contribution >= 4 is 5.78 Å². The van der Waals surface area contributed by atoms with E-state index in [2.05, 4.69) is 13.8 Å². The lowest BCUT2D eigenvalue weighted by Gasteiger charge is -2.49. The first kappa shape index (κ1) is 13.8. The van der Waals surface area contributed by atoms with Gasteiger partial charge in [0.05, 0.1) is 12.2 Å². The molecule has 0 spiro atoms. The van der Waals surface area contributed by atoms with Crippen LogP contribution in [0.3, 0.4) is 0 Å². The molecule has 3 nitrogen and oxygen atoms in total. The summed E-state index contributed by atoms with van der Waals surface area (Å²) in [4.78, 5) is 11.9. The lowest BCUT2D eigenvalue weighted by molar-refractivity contribution is -0.127. The van der Waals surface area contributed by atoms with Crippen molar-refractivity contribution in [1.82, 2.24) is 0 Å². The minimum absolute atomic E-state index is 0.00318. The van der Waals surface area contributed by atoms with Crippen LogP contribution in [-0.2, 0) is 4.79 Å². The van der Waals surface area contributed by atoms with Crippen molar-refractivity contribution in [2.24, 2.45) is 23.7 Å².